The van der Waals surface area contributed by atoms with Crippen molar-refractivity contribution in [1.29, 1.82) is 0 Å². The molecule has 0 aliphatic heterocycles. The maximum absolute atomic E-state index is 4.75. The quantitative estimate of drug-likeness (QED) is 0.687. The Balaban J connectivity index is 3.39. The Hall–Kier alpha value is -1.48. The summed E-state index contributed by atoms with van der Waals surface area (Å²) in [5.41, 5.74) is 5.48. The molecular weight excluding hydrogens is 312 g/mol. The monoisotopic (exact) mass is 332 g/mol. The van der Waals surface area contributed by atoms with Crippen LogP contribution in [0.25, 0.3) is 0 Å². The van der Waals surface area contributed by atoms with Crippen LogP contribution in [0.1, 0.15) is 31.9 Å². The molecule has 0 heterocycles. The standard InChI is InChI=1S/C17H21BrN2/c1-12(2)10-17(15-9-7-6-8-13(15)3)20-14(4)16(18)11-19-5/h6-11H,1-5H3/b16-14-,19-11?,20-17?. The van der Waals surface area contributed by atoms with Crippen LogP contribution in [0.4, 0.5) is 0 Å². The van der Waals surface area contributed by atoms with E-state index in [2.05, 4.69) is 59.9 Å². The van der Waals surface area contributed by atoms with Crippen LogP contribution in [-0.2, 0) is 0 Å². The molecule has 3 heteroatoms. The fourth-order valence-corrected chi connectivity index (χ4v) is 2.04. The summed E-state index contributed by atoms with van der Waals surface area (Å²) < 4.78 is 0.897. The topological polar surface area (TPSA) is 24.7 Å². The Morgan fingerprint density at radius 1 is 1.15 bits per heavy atom. The summed E-state index contributed by atoms with van der Waals surface area (Å²) in [5.74, 6) is 0. The molecule has 1 rings (SSSR count). The average Bonchev–Trinajstić information content (AvgIpc) is 2.38. The molecule has 0 spiro atoms. The first-order valence-corrected chi connectivity index (χ1v) is 7.33. The molecule has 1 aromatic rings. The molecule has 1 aromatic carbocycles. The molecule has 106 valence electrons. The first kappa shape index (κ1) is 16.6. The van der Waals surface area contributed by atoms with Gasteiger partial charge in [0.2, 0.25) is 0 Å². The van der Waals surface area contributed by atoms with E-state index >= 15 is 0 Å². The molecule has 0 fully saturated rings. The van der Waals surface area contributed by atoms with Crippen LogP contribution in [0, 0.1) is 6.92 Å². The van der Waals surface area contributed by atoms with Gasteiger partial charge in [-0.3, -0.25) is 9.98 Å². The summed E-state index contributed by atoms with van der Waals surface area (Å²) >= 11 is 3.49. The van der Waals surface area contributed by atoms with Gasteiger partial charge in [-0.2, -0.15) is 0 Å². The summed E-state index contributed by atoms with van der Waals surface area (Å²) in [6.07, 6.45) is 3.87. The molecule has 0 N–H and O–H groups in total. The van der Waals surface area contributed by atoms with Gasteiger partial charge >= 0.3 is 0 Å². The third-order valence-corrected chi connectivity index (χ3v) is 3.50. The first-order chi connectivity index (χ1) is 9.45. The highest BCUT2D eigenvalue weighted by molar-refractivity contribution is 9.12. The number of hydrogen-bond donors (Lipinski definition) is 0. The van der Waals surface area contributed by atoms with Crippen molar-refractivity contribution in [3.8, 4) is 0 Å². The second kappa shape index (κ2) is 7.95. The van der Waals surface area contributed by atoms with E-state index in [1.807, 2.05) is 19.1 Å². The predicted molar refractivity (Wildman–Crippen MR) is 93.2 cm³/mol. The number of hydrogen-bond acceptors (Lipinski definition) is 2. The number of allylic oxidation sites excluding steroid dienone is 4. The van der Waals surface area contributed by atoms with Crippen LogP contribution in [0.2, 0.25) is 0 Å². The van der Waals surface area contributed by atoms with Crippen LogP contribution in [-0.4, -0.2) is 19.0 Å². The van der Waals surface area contributed by atoms with Gasteiger partial charge in [-0.25, -0.2) is 0 Å². The Kier molecular flexibility index (Phi) is 6.59. The minimum atomic E-state index is 0.897. The van der Waals surface area contributed by atoms with E-state index in [1.54, 1.807) is 13.3 Å². The third kappa shape index (κ3) is 4.89. The van der Waals surface area contributed by atoms with Crippen LogP contribution in [0.15, 0.2) is 56.1 Å². The molecular formula is C17H21BrN2. The molecule has 0 atom stereocenters. The number of aryl methyl sites for hydroxylation is 1. The highest BCUT2D eigenvalue weighted by Gasteiger charge is 2.05. The van der Waals surface area contributed by atoms with Crippen LogP contribution in [0.5, 0.6) is 0 Å². The molecule has 0 unspecified atom stereocenters. The number of rotatable bonds is 4. The maximum atomic E-state index is 4.75. The summed E-state index contributed by atoms with van der Waals surface area (Å²) in [7, 11) is 1.75. The van der Waals surface area contributed by atoms with Gasteiger partial charge < -0.3 is 0 Å². The van der Waals surface area contributed by atoms with Gasteiger partial charge in [0, 0.05) is 18.8 Å². The molecule has 0 aromatic heterocycles. The number of benzene rings is 1. The highest BCUT2D eigenvalue weighted by Crippen LogP contribution is 2.16. The van der Waals surface area contributed by atoms with Crippen LogP contribution >= 0.6 is 15.9 Å². The van der Waals surface area contributed by atoms with E-state index in [0.29, 0.717) is 0 Å². The molecule has 0 bridgehead atoms. The van der Waals surface area contributed by atoms with Gasteiger partial charge in [0.05, 0.1) is 15.9 Å². The third-order valence-electron chi connectivity index (χ3n) is 2.72. The lowest BCUT2D eigenvalue weighted by molar-refractivity contribution is 1.29. The van der Waals surface area contributed by atoms with Crippen molar-refractivity contribution in [1.82, 2.24) is 0 Å². The normalized spacial score (nSPS) is 13.4. The van der Waals surface area contributed by atoms with E-state index in [9.17, 15) is 0 Å². The van der Waals surface area contributed by atoms with Crippen molar-refractivity contribution >= 4 is 27.9 Å². The van der Waals surface area contributed by atoms with Crippen molar-refractivity contribution in [3.63, 3.8) is 0 Å². The molecule has 0 aliphatic carbocycles. The van der Waals surface area contributed by atoms with E-state index in [4.69, 9.17) is 4.99 Å². The zero-order valence-corrected chi connectivity index (χ0v) is 14.3. The van der Waals surface area contributed by atoms with E-state index < -0.39 is 0 Å². The Morgan fingerprint density at radius 3 is 2.35 bits per heavy atom. The predicted octanol–water partition coefficient (Wildman–Crippen LogP) is 5.08. The molecule has 0 aliphatic rings. The van der Waals surface area contributed by atoms with Crippen molar-refractivity contribution < 1.29 is 0 Å². The Bertz CT molecular complexity index is 589. The van der Waals surface area contributed by atoms with Crippen molar-refractivity contribution in [2.24, 2.45) is 9.98 Å². The zero-order valence-electron chi connectivity index (χ0n) is 12.7. The van der Waals surface area contributed by atoms with Crippen LogP contribution in [0.3, 0.4) is 0 Å². The highest BCUT2D eigenvalue weighted by atomic mass is 79.9. The van der Waals surface area contributed by atoms with Crippen molar-refractivity contribution in [2.45, 2.75) is 27.7 Å². The average molecular weight is 333 g/mol. The minimum absolute atomic E-state index is 0.897. The van der Waals surface area contributed by atoms with Crippen molar-refractivity contribution in [3.05, 3.63) is 57.2 Å². The van der Waals surface area contributed by atoms with E-state index in [0.717, 1.165) is 21.5 Å². The molecule has 0 amide bonds. The van der Waals surface area contributed by atoms with Gasteiger partial charge in [0.25, 0.3) is 0 Å². The SMILES string of the molecule is CN=C/C(Br)=C(\C)N=C(C=C(C)C)c1ccccc1C. The molecule has 0 saturated heterocycles. The largest absolute Gasteiger partial charge is 0.295 e. The fourth-order valence-electron chi connectivity index (χ4n) is 1.74. The lowest BCUT2D eigenvalue weighted by atomic mass is 10.0. The molecule has 2 nitrogen and oxygen atoms in total. The summed E-state index contributed by atoms with van der Waals surface area (Å²) in [6.45, 7) is 8.24. The smallest absolute Gasteiger partial charge is 0.0707 e. The van der Waals surface area contributed by atoms with Gasteiger partial charge in [0.15, 0.2) is 0 Å². The maximum Gasteiger partial charge on any atom is 0.0707 e. The number of aliphatic imine (C=N–C) groups is 2. The Morgan fingerprint density at radius 2 is 1.80 bits per heavy atom. The molecule has 0 radical (unpaired) electrons. The minimum Gasteiger partial charge on any atom is -0.295 e. The van der Waals surface area contributed by atoms with E-state index in [1.165, 1.54) is 11.1 Å². The second-order valence-corrected chi connectivity index (χ2v) is 5.71. The zero-order chi connectivity index (χ0) is 15.1. The van der Waals surface area contributed by atoms with Gasteiger partial charge in [-0.1, -0.05) is 29.8 Å². The van der Waals surface area contributed by atoms with Gasteiger partial charge in [-0.15, -0.1) is 0 Å². The number of halogens is 1. The summed E-state index contributed by atoms with van der Waals surface area (Å²) in [4.78, 5) is 8.75. The van der Waals surface area contributed by atoms with Gasteiger partial charge in [0.1, 0.15) is 0 Å². The summed E-state index contributed by atoms with van der Waals surface area (Å²) in [5, 5.41) is 0. The van der Waals surface area contributed by atoms with Crippen molar-refractivity contribution in [2.75, 3.05) is 7.05 Å². The second-order valence-electron chi connectivity index (χ2n) is 4.85. The lowest BCUT2D eigenvalue weighted by Crippen LogP contribution is -2.01. The van der Waals surface area contributed by atoms with Gasteiger partial charge in [-0.05, 0) is 55.3 Å². The molecule has 0 saturated carbocycles. The first-order valence-electron chi connectivity index (χ1n) is 6.53. The summed E-state index contributed by atoms with van der Waals surface area (Å²) in [6, 6.07) is 8.29. The van der Waals surface area contributed by atoms with Crippen LogP contribution < -0.4 is 0 Å². The Labute approximate surface area is 130 Å². The molecule has 20 heavy (non-hydrogen) atoms. The van der Waals surface area contributed by atoms with E-state index in [-0.39, 0.29) is 0 Å². The lowest BCUT2D eigenvalue weighted by Gasteiger charge is -2.07. The fraction of sp³-hybridized carbons (Fsp3) is 0.294. The number of nitrogens with zero attached hydrogens (tertiary/aromatic N) is 2.